The van der Waals surface area contributed by atoms with Crippen LogP contribution in [-0.2, 0) is 49.5 Å². The first-order valence-electron chi connectivity index (χ1n) is 5.39. The van der Waals surface area contributed by atoms with Crippen LogP contribution in [0, 0.1) is 0 Å². The Balaban J connectivity index is 4.82. The second-order valence-corrected chi connectivity index (χ2v) is 12.3. The Morgan fingerprint density at radius 1 is 1.10 bits per heavy atom. The van der Waals surface area contributed by atoms with Gasteiger partial charge in [0.05, 0.1) is 6.61 Å². The summed E-state index contributed by atoms with van der Waals surface area (Å²) in [5.74, 6) is 0. The molecule has 0 spiro atoms. The van der Waals surface area contributed by atoms with Gasteiger partial charge in [-0.25, -0.2) is 4.18 Å². The van der Waals surface area contributed by atoms with E-state index in [1.165, 1.54) is 0 Å². The highest BCUT2D eigenvalue weighted by molar-refractivity contribution is 7.83. The van der Waals surface area contributed by atoms with Gasteiger partial charge in [-0.2, -0.15) is 16.8 Å². The maximum atomic E-state index is 11.6. The third kappa shape index (κ3) is 11.4. The molecule has 128 valence electrons. The van der Waals surface area contributed by atoms with E-state index in [-0.39, 0.29) is 0 Å². The van der Waals surface area contributed by atoms with Crippen molar-refractivity contribution in [3.05, 3.63) is 0 Å². The lowest BCUT2D eigenvalue weighted by Crippen LogP contribution is -2.42. The summed E-state index contributed by atoms with van der Waals surface area (Å²) in [4.78, 5) is 0. The molecule has 0 rings (SSSR count). The van der Waals surface area contributed by atoms with Gasteiger partial charge in [0.15, 0.2) is 0 Å². The molecule has 21 heavy (non-hydrogen) atoms. The monoisotopic (exact) mass is 386 g/mol. The maximum absolute atomic E-state index is 11.6. The highest BCUT2D eigenvalue weighted by Crippen LogP contribution is 2.17. The lowest BCUT2D eigenvalue weighted by Gasteiger charge is -2.26. The molecule has 0 fully saturated rings. The number of hydrogen-bond donors (Lipinski definition) is 2. The van der Waals surface area contributed by atoms with Crippen LogP contribution >= 0.6 is 0 Å². The van der Waals surface area contributed by atoms with Crippen LogP contribution in [0.4, 0.5) is 0 Å². The molecule has 0 amide bonds. The molecule has 0 radical (unpaired) electrons. The lowest BCUT2D eigenvalue weighted by molar-refractivity contribution is 0.000826. The van der Waals surface area contributed by atoms with E-state index < -0.39 is 60.3 Å². The molecule has 0 aliphatic heterocycles. The maximum Gasteiger partial charge on any atom is 0.390 e. The molecule has 0 heterocycles. The number of rotatable bonds is 10. The third-order valence-corrected chi connectivity index (χ3v) is 5.69. The van der Waals surface area contributed by atoms with Crippen LogP contribution in [0.15, 0.2) is 0 Å². The van der Waals surface area contributed by atoms with E-state index in [0.29, 0.717) is 0 Å². The van der Waals surface area contributed by atoms with Crippen molar-refractivity contribution in [1.29, 1.82) is 0 Å². The summed E-state index contributed by atoms with van der Waals surface area (Å²) in [5.41, 5.74) is -1.76. The van der Waals surface area contributed by atoms with E-state index in [1.807, 2.05) is 0 Å². The van der Waals surface area contributed by atoms with Crippen molar-refractivity contribution in [2.24, 2.45) is 0 Å². The Bertz CT molecular complexity index is 485. The fourth-order valence-electron chi connectivity index (χ4n) is 0.964. The Kier molecular flexibility index (Phi) is 8.27. The quantitative estimate of drug-likeness (QED) is 0.393. The predicted molar refractivity (Wildman–Crippen MR) is 76.3 cm³/mol. The molecule has 0 aromatic carbocycles. The van der Waals surface area contributed by atoms with E-state index >= 15 is 0 Å². The van der Waals surface area contributed by atoms with Gasteiger partial charge >= 0.3 is 33.1 Å². The van der Waals surface area contributed by atoms with Gasteiger partial charge in [0.2, 0.25) is 8.32 Å². The SMILES string of the molecule is CC(COS(=O)O)(COS(=O)(=O)O[Si](C)(C)C)OS(=O)O. The van der Waals surface area contributed by atoms with Crippen LogP contribution in [0.5, 0.6) is 0 Å². The predicted octanol–water partition coefficient (Wildman–Crippen LogP) is 0.165. The largest absolute Gasteiger partial charge is 0.390 e. The lowest BCUT2D eigenvalue weighted by atomic mass is 10.1. The van der Waals surface area contributed by atoms with Crippen LogP contribution in [0.2, 0.25) is 19.6 Å². The molecule has 2 N–H and O–H groups in total. The molecule has 0 aromatic rings. The van der Waals surface area contributed by atoms with E-state index in [1.54, 1.807) is 19.6 Å². The Morgan fingerprint density at radius 2 is 1.62 bits per heavy atom. The van der Waals surface area contributed by atoms with Gasteiger partial charge in [0.1, 0.15) is 12.2 Å². The van der Waals surface area contributed by atoms with Gasteiger partial charge in [-0.3, -0.25) is 21.3 Å². The Hall–Kier alpha value is 0.227. The molecule has 10 nitrogen and oxygen atoms in total. The molecule has 0 aliphatic rings. The minimum absolute atomic E-state index is 0.662. The van der Waals surface area contributed by atoms with Crippen molar-refractivity contribution < 1.29 is 42.4 Å². The molecule has 14 heteroatoms. The van der Waals surface area contributed by atoms with Crippen LogP contribution < -0.4 is 0 Å². The van der Waals surface area contributed by atoms with E-state index in [9.17, 15) is 16.8 Å². The summed E-state index contributed by atoms with van der Waals surface area (Å²) in [6.45, 7) is 4.60. The molecule has 0 bridgehead atoms. The van der Waals surface area contributed by atoms with Crippen LogP contribution in [-0.4, -0.2) is 53.1 Å². The van der Waals surface area contributed by atoms with Crippen molar-refractivity contribution >= 4 is 41.4 Å². The first-order chi connectivity index (χ1) is 9.25. The number of hydrogen-bond acceptors (Lipinski definition) is 8. The highest BCUT2D eigenvalue weighted by atomic mass is 32.3. The molecular weight excluding hydrogens is 368 g/mol. The smallest absolute Gasteiger partial charge is 0.294 e. The zero-order valence-electron chi connectivity index (χ0n) is 11.8. The first-order valence-corrected chi connectivity index (χ1v) is 12.2. The summed E-state index contributed by atoms with van der Waals surface area (Å²) in [7, 11) is -6.78. The molecule has 0 aliphatic carbocycles. The van der Waals surface area contributed by atoms with Gasteiger partial charge in [-0.05, 0) is 26.6 Å². The normalized spacial score (nSPS) is 19.0. The third-order valence-electron chi connectivity index (χ3n) is 1.60. The van der Waals surface area contributed by atoms with E-state index in [0.717, 1.165) is 6.92 Å². The van der Waals surface area contributed by atoms with Gasteiger partial charge in [-0.15, -0.1) is 0 Å². The average Bonchev–Trinajstić information content (AvgIpc) is 2.20. The second-order valence-electron chi connectivity index (χ2n) is 5.10. The summed E-state index contributed by atoms with van der Waals surface area (Å²) >= 11 is -5.42. The molecule has 0 saturated heterocycles. The Morgan fingerprint density at radius 3 is 2.00 bits per heavy atom. The molecule has 3 unspecified atom stereocenters. The van der Waals surface area contributed by atoms with Gasteiger partial charge in [-0.1, -0.05) is 0 Å². The van der Waals surface area contributed by atoms with Gasteiger partial charge in [0, 0.05) is 0 Å². The standard InChI is InChI=1S/C7H18O10S3Si/c1-7(16-19(10)11,5-14-18(8)9)6-15-20(12,13)17-21(2,3)4/h5-6H2,1-4H3,(H,8,9)(H,10,11). The zero-order valence-corrected chi connectivity index (χ0v) is 15.2. The summed E-state index contributed by atoms with van der Waals surface area (Å²) in [6.07, 6.45) is 0. The fraction of sp³-hybridized carbons (Fsp3) is 1.00. The minimum atomic E-state index is -4.34. The summed E-state index contributed by atoms with van der Waals surface area (Å²) < 4.78 is 79.7. The van der Waals surface area contributed by atoms with Crippen LogP contribution in [0.25, 0.3) is 0 Å². The van der Waals surface area contributed by atoms with Crippen molar-refractivity contribution in [1.82, 2.24) is 0 Å². The minimum Gasteiger partial charge on any atom is -0.294 e. The molecule has 0 saturated carbocycles. The summed E-state index contributed by atoms with van der Waals surface area (Å²) in [6, 6.07) is 0. The van der Waals surface area contributed by atoms with Crippen molar-refractivity contribution in [3.63, 3.8) is 0 Å². The van der Waals surface area contributed by atoms with Crippen LogP contribution in [0.3, 0.4) is 0 Å². The topological polar surface area (TPSA) is 146 Å². The van der Waals surface area contributed by atoms with E-state index in [4.69, 9.17) is 13.0 Å². The van der Waals surface area contributed by atoms with Crippen LogP contribution in [0.1, 0.15) is 6.92 Å². The van der Waals surface area contributed by atoms with Gasteiger partial charge in [0.25, 0.3) is 0 Å². The fourth-order valence-corrected chi connectivity index (χ4v) is 4.79. The Labute approximate surface area is 129 Å². The van der Waals surface area contributed by atoms with Crippen molar-refractivity contribution in [2.45, 2.75) is 32.2 Å². The first kappa shape index (κ1) is 21.2. The van der Waals surface area contributed by atoms with Crippen molar-refractivity contribution in [3.8, 4) is 0 Å². The molecular formula is C7H18O10S3Si. The highest BCUT2D eigenvalue weighted by Gasteiger charge is 2.34. The molecule has 0 aromatic heterocycles. The molecule has 3 atom stereocenters. The van der Waals surface area contributed by atoms with E-state index in [2.05, 4.69) is 12.5 Å². The van der Waals surface area contributed by atoms with Crippen molar-refractivity contribution in [2.75, 3.05) is 13.2 Å². The second kappa shape index (κ2) is 8.18. The average molecular weight is 386 g/mol. The summed E-state index contributed by atoms with van der Waals surface area (Å²) in [5, 5.41) is 0. The van der Waals surface area contributed by atoms with Gasteiger partial charge < -0.3 is 0 Å². The zero-order chi connectivity index (χ0) is 16.9.